The van der Waals surface area contributed by atoms with Crippen molar-refractivity contribution in [3.8, 4) is 5.75 Å². The zero-order chi connectivity index (χ0) is 14.5. The second kappa shape index (κ2) is 6.91. The average Bonchev–Trinajstić information content (AvgIpc) is 2.36. The van der Waals surface area contributed by atoms with Gasteiger partial charge in [-0.05, 0) is 43.5 Å². The van der Waals surface area contributed by atoms with Gasteiger partial charge in [0.25, 0.3) is 0 Å². The summed E-state index contributed by atoms with van der Waals surface area (Å²) in [5.41, 5.74) is 0. The molecule has 0 aromatic heterocycles. The van der Waals surface area contributed by atoms with Gasteiger partial charge in [-0.25, -0.2) is 13.1 Å². The normalized spacial score (nSPS) is 13.5. The maximum atomic E-state index is 12.0. The van der Waals surface area contributed by atoms with E-state index in [0.717, 1.165) is 6.42 Å². The molecule has 0 spiro atoms. The molecule has 0 bridgehead atoms. The van der Waals surface area contributed by atoms with Crippen LogP contribution in [0.5, 0.6) is 5.75 Å². The molecule has 1 aromatic rings. The lowest BCUT2D eigenvalue weighted by atomic mass is 10.2. The van der Waals surface area contributed by atoms with E-state index in [1.54, 1.807) is 24.3 Å². The van der Waals surface area contributed by atoms with Gasteiger partial charge in [0.1, 0.15) is 5.75 Å². The number of hydrogen-bond donors (Lipinski definition) is 1. The Morgan fingerprint density at radius 1 is 1.16 bits per heavy atom. The molecule has 1 rings (SSSR count). The lowest BCUT2D eigenvalue weighted by molar-refractivity contribution is 0.271. The fraction of sp³-hybridized carbons (Fsp3) is 0.571. The van der Waals surface area contributed by atoms with Gasteiger partial charge in [0.2, 0.25) is 10.0 Å². The molecule has 1 atom stereocenters. The van der Waals surface area contributed by atoms with Crippen LogP contribution in [0.4, 0.5) is 0 Å². The fourth-order valence-electron chi connectivity index (χ4n) is 1.39. The summed E-state index contributed by atoms with van der Waals surface area (Å²) in [7, 11) is -3.43. The van der Waals surface area contributed by atoms with E-state index >= 15 is 0 Å². The van der Waals surface area contributed by atoms with E-state index in [2.05, 4.69) is 18.6 Å². The van der Waals surface area contributed by atoms with Gasteiger partial charge in [0, 0.05) is 6.04 Å². The van der Waals surface area contributed by atoms with Crippen molar-refractivity contribution in [2.75, 3.05) is 6.61 Å². The van der Waals surface area contributed by atoms with Gasteiger partial charge in [-0.3, -0.25) is 0 Å². The van der Waals surface area contributed by atoms with Crippen LogP contribution in [0.1, 0.15) is 34.1 Å². The number of hydrogen-bond acceptors (Lipinski definition) is 3. The van der Waals surface area contributed by atoms with Crippen molar-refractivity contribution < 1.29 is 13.2 Å². The molecule has 0 aliphatic heterocycles. The smallest absolute Gasteiger partial charge is 0.240 e. The molecule has 0 radical (unpaired) electrons. The molecule has 0 fully saturated rings. The van der Waals surface area contributed by atoms with E-state index in [1.807, 2.05) is 13.8 Å². The van der Waals surface area contributed by atoms with Crippen molar-refractivity contribution in [3.63, 3.8) is 0 Å². The zero-order valence-electron chi connectivity index (χ0n) is 12.0. The summed E-state index contributed by atoms with van der Waals surface area (Å²) in [6.45, 7) is 8.54. The summed E-state index contributed by atoms with van der Waals surface area (Å²) in [5.74, 6) is 1.13. The lowest BCUT2D eigenvalue weighted by Gasteiger charge is -2.13. The third-order valence-electron chi connectivity index (χ3n) is 2.69. The molecular formula is C14H23NO3S. The standard InChI is InChI=1S/C14H23NO3S/c1-5-12(4)15-19(16,17)14-8-6-13(7-9-14)18-10-11(2)3/h6-9,11-12,15H,5,10H2,1-4H3. The van der Waals surface area contributed by atoms with Crippen molar-refractivity contribution in [1.82, 2.24) is 4.72 Å². The van der Waals surface area contributed by atoms with Gasteiger partial charge in [-0.2, -0.15) is 0 Å². The Kier molecular flexibility index (Phi) is 5.82. The Morgan fingerprint density at radius 2 is 1.74 bits per heavy atom. The van der Waals surface area contributed by atoms with Crippen LogP contribution >= 0.6 is 0 Å². The zero-order valence-corrected chi connectivity index (χ0v) is 12.8. The molecule has 0 heterocycles. The topological polar surface area (TPSA) is 55.4 Å². The monoisotopic (exact) mass is 285 g/mol. The largest absolute Gasteiger partial charge is 0.493 e. The first kappa shape index (κ1) is 16.0. The van der Waals surface area contributed by atoms with Gasteiger partial charge >= 0.3 is 0 Å². The molecule has 0 aliphatic carbocycles. The van der Waals surface area contributed by atoms with Crippen molar-refractivity contribution in [2.45, 2.75) is 45.1 Å². The molecule has 1 aromatic carbocycles. The van der Waals surface area contributed by atoms with Crippen molar-refractivity contribution in [2.24, 2.45) is 5.92 Å². The van der Waals surface area contributed by atoms with E-state index in [-0.39, 0.29) is 10.9 Å². The number of ether oxygens (including phenoxy) is 1. The summed E-state index contributed by atoms with van der Waals surface area (Å²) in [5, 5.41) is 0. The van der Waals surface area contributed by atoms with Crippen LogP contribution in [0.2, 0.25) is 0 Å². The molecule has 0 saturated heterocycles. The summed E-state index contributed by atoms with van der Waals surface area (Å²) in [6.07, 6.45) is 0.759. The van der Waals surface area contributed by atoms with E-state index < -0.39 is 10.0 Å². The average molecular weight is 285 g/mol. The van der Waals surface area contributed by atoms with E-state index in [0.29, 0.717) is 18.3 Å². The molecule has 0 saturated carbocycles. The molecular weight excluding hydrogens is 262 g/mol. The maximum Gasteiger partial charge on any atom is 0.240 e. The Hall–Kier alpha value is -1.07. The van der Waals surface area contributed by atoms with E-state index in [1.165, 1.54) is 0 Å². The van der Waals surface area contributed by atoms with Gasteiger partial charge in [0.15, 0.2) is 0 Å². The van der Waals surface area contributed by atoms with E-state index in [9.17, 15) is 8.42 Å². The predicted octanol–water partition coefficient (Wildman–Crippen LogP) is 2.80. The van der Waals surface area contributed by atoms with Gasteiger partial charge in [0.05, 0.1) is 11.5 Å². The number of sulfonamides is 1. The van der Waals surface area contributed by atoms with Crippen molar-refractivity contribution in [3.05, 3.63) is 24.3 Å². The van der Waals surface area contributed by atoms with Crippen LogP contribution in [0, 0.1) is 5.92 Å². The highest BCUT2D eigenvalue weighted by molar-refractivity contribution is 7.89. The summed E-state index contributed by atoms with van der Waals surface area (Å²) < 4.78 is 32.2. The fourth-order valence-corrected chi connectivity index (χ4v) is 2.72. The second-order valence-corrected chi connectivity index (χ2v) is 6.82. The highest BCUT2D eigenvalue weighted by Gasteiger charge is 2.16. The lowest BCUT2D eigenvalue weighted by Crippen LogP contribution is -2.31. The van der Waals surface area contributed by atoms with Crippen LogP contribution in [0.25, 0.3) is 0 Å². The maximum absolute atomic E-state index is 12.0. The number of benzene rings is 1. The van der Waals surface area contributed by atoms with Crippen LogP contribution < -0.4 is 9.46 Å². The van der Waals surface area contributed by atoms with Crippen LogP contribution in [-0.2, 0) is 10.0 Å². The molecule has 108 valence electrons. The SMILES string of the molecule is CCC(C)NS(=O)(=O)c1ccc(OCC(C)C)cc1. The van der Waals surface area contributed by atoms with Crippen LogP contribution in [0.3, 0.4) is 0 Å². The first-order valence-corrected chi connectivity index (χ1v) is 8.08. The Morgan fingerprint density at radius 3 is 2.21 bits per heavy atom. The minimum Gasteiger partial charge on any atom is -0.493 e. The van der Waals surface area contributed by atoms with Gasteiger partial charge in [-0.15, -0.1) is 0 Å². The first-order valence-electron chi connectivity index (χ1n) is 6.60. The first-order chi connectivity index (χ1) is 8.85. The molecule has 19 heavy (non-hydrogen) atoms. The summed E-state index contributed by atoms with van der Waals surface area (Å²) in [6, 6.07) is 6.45. The highest BCUT2D eigenvalue weighted by Crippen LogP contribution is 2.17. The van der Waals surface area contributed by atoms with Crippen LogP contribution in [0.15, 0.2) is 29.2 Å². The minimum atomic E-state index is -3.43. The van der Waals surface area contributed by atoms with Crippen molar-refractivity contribution >= 4 is 10.0 Å². The van der Waals surface area contributed by atoms with Gasteiger partial charge < -0.3 is 4.74 Å². The molecule has 0 aliphatic rings. The van der Waals surface area contributed by atoms with E-state index in [4.69, 9.17) is 4.74 Å². The molecule has 1 N–H and O–H groups in total. The molecule has 1 unspecified atom stereocenters. The summed E-state index contributed by atoms with van der Waals surface area (Å²) >= 11 is 0. The quantitative estimate of drug-likeness (QED) is 0.838. The predicted molar refractivity (Wildman–Crippen MR) is 76.8 cm³/mol. The second-order valence-electron chi connectivity index (χ2n) is 5.11. The molecule has 5 heteroatoms. The van der Waals surface area contributed by atoms with Crippen molar-refractivity contribution in [1.29, 1.82) is 0 Å². The number of rotatable bonds is 7. The summed E-state index contributed by atoms with van der Waals surface area (Å²) in [4.78, 5) is 0.268. The Bertz CT molecular complexity index is 480. The Labute approximate surface area is 116 Å². The van der Waals surface area contributed by atoms with Gasteiger partial charge in [-0.1, -0.05) is 20.8 Å². The third kappa shape index (κ3) is 5.20. The molecule has 4 nitrogen and oxygen atoms in total. The number of nitrogens with one attached hydrogen (secondary N) is 1. The third-order valence-corrected chi connectivity index (χ3v) is 4.29. The van der Waals surface area contributed by atoms with Crippen LogP contribution in [-0.4, -0.2) is 21.1 Å². The Balaban J connectivity index is 2.75. The highest BCUT2D eigenvalue weighted by atomic mass is 32.2. The molecule has 0 amide bonds. The minimum absolute atomic E-state index is 0.0677.